The van der Waals surface area contributed by atoms with E-state index in [9.17, 15) is 0 Å². The molecule has 2 nitrogen and oxygen atoms in total. The number of methoxy groups -OCH3 is 1. The quantitative estimate of drug-likeness (QED) is 0.681. The molecule has 0 amide bonds. The zero-order valence-electron chi connectivity index (χ0n) is 9.18. The van der Waals surface area contributed by atoms with Crippen LogP contribution in [0.25, 0.3) is 0 Å². The van der Waals surface area contributed by atoms with Crippen molar-refractivity contribution in [3.05, 3.63) is 0 Å². The van der Waals surface area contributed by atoms with E-state index in [4.69, 9.17) is 4.74 Å². The van der Waals surface area contributed by atoms with E-state index in [2.05, 4.69) is 19.2 Å². The van der Waals surface area contributed by atoms with Gasteiger partial charge in [-0.3, -0.25) is 0 Å². The zero-order chi connectivity index (χ0) is 9.68. The molecule has 1 saturated carbocycles. The molecule has 13 heavy (non-hydrogen) atoms. The van der Waals surface area contributed by atoms with Crippen LogP contribution in [-0.2, 0) is 4.74 Å². The molecule has 0 radical (unpaired) electrons. The predicted molar refractivity (Wildman–Crippen MR) is 55.9 cm³/mol. The smallest absolute Gasteiger partial charge is 0.0572 e. The van der Waals surface area contributed by atoms with Gasteiger partial charge in [-0.1, -0.05) is 13.8 Å². The van der Waals surface area contributed by atoms with Crippen molar-refractivity contribution >= 4 is 0 Å². The van der Waals surface area contributed by atoms with Crippen LogP contribution in [-0.4, -0.2) is 25.3 Å². The van der Waals surface area contributed by atoms with Gasteiger partial charge in [0.25, 0.3) is 0 Å². The third-order valence-electron chi connectivity index (χ3n) is 2.82. The molecule has 1 rings (SSSR count). The molecule has 0 unspecified atom stereocenters. The van der Waals surface area contributed by atoms with Gasteiger partial charge in [0, 0.05) is 19.2 Å². The van der Waals surface area contributed by atoms with Crippen LogP contribution in [0.1, 0.15) is 46.0 Å². The average Bonchev–Trinajstić information content (AvgIpc) is 2.29. The van der Waals surface area contributed by atoms with Crippen molar-refractivity contribution in [1.82, 2.24) is 5.32 Å². The van der Waals surface area contributed by atoms with E-state index in [1.165, 1.54) is 32.1 Å². The molecule has 1 N–H and O–H groups in total. The summed E-state index contributed by atoms with van der Waals surface area (Å²) < 4.78 is 5.40. The second-order valence-corrected chi connectivity index (χ2v) is 4.38. The van der Waals surface area contributed by atoms with Crippen molar-refractivity contribution in [1.29, 1.82) is 0 Å². The summed E-state index contributed by atoms with van der Waals surface area (Å²) in [5.41, 5.74) is 0. The summed E-state index contributed by atoms with van der Waals surface area (Å²) in [6, 6.07) is 1.34. The maximum Gasteiger partial charge on any atom is 0.0572 e. The van der Waals surface area contributed by atoms with Gasteiger partial charge < -0.3 is 10.1 Å². The first-order chi connectivity index (χ1) is 6.22. The summed E-state index contributed by atoms with van der Waals surface area (Å²) in [6.07, 6.45) is 6.88. The van der Waals surface area contributed by atoms with E-state index in [0.29, 0.717) is 12.1 Å². The fourth-order valence-electron chi connectivity index (χ4n) is 2.14. The molecule has 2 heteroatoms. The van der Waals surface area contributed by atoms with Gasteiger partial charge in [0.05, 0.1) is 6.10 Å². The summed E-state index contributed by atoms with van der Waals surface area (Å²) in [5, 5.41) is 3.61. The standard InChI is InChI=1S/C11H23NO/c1-9(2)12-10-5-4-6-11(13-3)8-7-10/h9-12H,4-8H2,1-3H3/t10-,11+/m1/s1. The van der Waals surface area contributed by atoms with Crippen molar-refractivity contribution in [3.63, 3.8) is 0 Å². The van der Waals surface area contributed by atoms with Gasteiger partial charge >= 0.3 is 0 Å². The van der Waals surface area contributed by atoms with E-state index in [1.54, 1.807) is 0 Å². The van der Waals surface area contributed by atoms with Crippen LogP contribution in [0.4, 0.5) is 0 Å². The fraction of sp³-hybridized carbons (Fsp3) is 1.00. The van der Waals surface area contributed by atoms with E-state index < -0.39 is 0 Å². The summed E-state index contributed by atoms with van der Waals surface area (Å²) in [4.78, 5) is 0. The summed E-state index contributed by atoms with van der Waals surface area (Å²) >= 11 is 0. The minimum absolute atomic E-state index is 0.513. The number of hydrogen-bond donors (Lipinski definition) is 1. The molecule has 1 aliphatic rings. The van der Waals surface area contributed by atoms with Gasteiger partial charge in [0.15, 0.2) is 0 Å². The van der Waals surface area contributed by atoms with E-state index in [0.717, 1.165) is 6.04 Å². The van der Waals surface area contributed by atoms with Crippen molar-refractivity contribution in [2.75, 3.05) is 7.11 Å². The van der Waals surface area contributed by atoms with E-state index in [1.807, 2.05) is 7.11 Å². The second kappa shape index (κ2) is 5.61. The van der Waals surface area contributed by atoms with E-state index in [-0.39, 0.29) is 0 Å². The molecule has 0 spiro atoms. The average molecular weight is 185 g/mol. The van der Waals surface area contributed by atoms with Crippen LogP contribution < -0.4 is 5.32 Å². The number of ether oxygens (including phenoxy) is 1. The molecule has 0 bridgehead atoms. The molecule has 0 aromatic rings. The lowest BCUT2D eigenvalue weighted by molar-refractivity contribution is 0.0894. The molecular weight excluding hydrogens is 162 g/mol. The fourth-order valence-corrected chi connectivity index (χ4v) is 2.14. The molecule has 2 atom stereocenters. The molecule has 0 saturated heterocycles. The molecule has 0 aliphatic heterocycles. The Morgan fingerprint density at radius 3 is 2.54 bits per heavy atom. The van der Waals surface area contributed by atoms with Crippen LogP contribution in [0.5, 0.6) is 0 Å². The third-order valence-corrected chi connectivity index (χ3v) is 2.82. The van der Waals surface area contributed by atoms with Crippen LogP contribution in [0.3, 0.4) is 0 Å². The summed E-state index contributed by atoms with van der Waals surface area (Å²) in [6.45, 7) is 4.44. The largest absolute Gasteiger partial charge is 0.381 e. The molecule has 0 heterocycles. The van der Waals surface area contributed by atoms with Crippen molar-refractivity contribution in [2.24, 2.45) is 0 Å². The highest BCUT2D eigenvalue weighted by Gasteiger charge is 2.18. The van der Waals surface area contributed by atoms with Crippen molar-refractivity contribution < 1.29 is 4.74 Å². The first-order valence-corrected chi connectivity index (χ1v) is 5.51. The van der Waals surface area contributed by atoms with E-state index >= 15 is 0 Å². The Morgan fingerprint density at radius 2 is 1.92 bits per heavy atom. The van der Waals surface area contributed by atoms with Crippen molar-refractivity contribution in [2.45, 2.75) is 64.1 Å². The highest BCUT2D eigenvalue weighted by Crippen LogP contribution is 2.20. The van der Waals surface area contributed by atoms with Gasteiger partial charge in [-0.05, 0) is 32.1 Å². The van der Waals surface area contributed by atoms with Gasteiger partial charge in [-0.25, -0.2) is 0 Å². The topological polar surface area (TPSA) is 21.3 Å². The molecule has 1 fully saturated rings. The molecular formula is C11H23NO. The summed E-state index contributed by atoms with van der Waals surface area (Å²) in [5.74, 6) is 0. The lowest BCUT2D eigenvalue weighted by Gasteiger charge is -2.19. The van der Waals surface area contributed by atoms with Gasteiger partial charge in [-0.15, -0.1) is 0 Å². The van der Waals surface area contributed by atoms with Gasteiger partial charge in [-0.2, -0.15) is 0 Å². The predicted octanol–water partition coefficient (Wildman–Crippen LogP) is 2.33. The van der Waals surface area contributed by atoms with Crippen LogP contribution in [0.15, 0.2) is 0 Å². The summed E-state index contributed by atoms with van der Waals surface area (Å²) in [7, 11) is 1.83. The third kappa shape index (κ3) is 4.10. The number of rotatable bonds is 3. The first-order valence-electron chi connectivity index (χ1n) is 5.51. The Morgan fingerprint density at radius 1 is 1.15 bits per heavy atom. The lowest BCUT2D eigenvalue weighted by Crippen LogP contribution is -2.34. The van der Waals surface area contributed by atoms with Crippen molar-refractivity contribution in [3.8, 4) is 0 Å². The monoisotopic (exact) mass is 185 g/mol. The van der Waals surface area contributed by atoms with Gasteiger partial charge in [0.2, 0.25) is 0 Å². The molecule has 0 aromatic carbocycles. The molecule has 0 aromatic heterocycles. The lowest BCUT2D eigenvalue weighted by atomic mass is 10.1. The Hall–Kier alpha value is -0.0800. The zero-order valence-corrected chi connectivity index (χ0v) is 9.18. The highest BCUT2D eigenvalue weighted by molar-refractivity contribution is 4.76. The maximum absolute atomic E-state index is 5.40. The number of hydrogen-bond acceptors (Lipinski definition) is 2. The van der Waals surface area contributed by atoms with Crippen LogP contribution in [0, 0.1) is 0 Å². The molecule has 78 valence electrons. The Balaban J connectivity index is 2.27. The second-order valence-electron chi connectivity index (χ2n) is 4.38. The van der Waals surface area contributed by atoms with Crippen LogP contribution in [0.2, 0.25) is 0 Å². The Bertz CT molecular complexity index is 136. The minimum atomic E-state index is 0.513. The van der Waals surface area contributed by atoms with Crippen LogP contribution >= 0.6 is 0 Å². The maximum atomic E-state index is 5.40. The SMILES string of the molecule is CO[C@H]1CCC[C@@H](NC(C)C)CC1. The first kappa shape index (κ1) is 11.0. The Labute approximate surface area is 82.0 Å². The normalized spacial score (nSPS) is 30.5. The highest BCUT2D eigenvalue weighted by atomic mass is 16.5. The van der Waals surface area contributed by atoms with Gasteiger partial charge in [0.1, 0.15) is 0 Å². The Kier molecular flexibility index (Phi) is 4.74. The minimum Gasteiger partial charge on any atom is -0.381 e. The molecule has 1 aliphatic carbocycles. The number of nitrogens with one attached hydrogen (secondary N) is 1.